The maximum atomic E-state index is 12.7. The van der Waals surface area contributed by atoms with Gasteiger partial charge < -0.3 is 20.8 Å². The summed E-state index contributed by atoms with van der Waals surface area (Å²) in [7, 11) is 0. The van der Waals surface area contributed by atoms with Crippen LogP contribution in [0.15, 0.2) is 30.3 Å². The first-order valence-electron chi connectivity index (χ1n) is 9.82. The number of carbonyl (C=O) groups is 4. The SMILES string of the molecule is CC(C)[C@H](NC(=O)C1(O)CC1)C(=O)N[C@@H](CC(=O)O)C(=O)CSCc1ccccc1. The molecule has 0 radical (unpaired) electrons. The normalized spacial score (nSPS) is 16.4. The van der Waals surface area contributed by atoms with Crippen LogP contribution in [0.1, 0.15) is 38.7 Å². The molecule has 0 aromatic heterocycles. The van der Waals surface area contributed by atoms with Crippen LogP contribution < -0.4 is 10.6 Å². The summed E-state index contributed by atoms with van der Waals surface area (Å²) in [5.41, 5.74) is -0.396. The third kappa shape index (κ3) is 7.14. The number of thioether (sulfide) groups is 1. The second-order valence-corrected chi connectivity index (χ2v) is 8.82. The fourth-order valence-corrected chi connectivity index (χ4v) is 3.71. The fraction of sp³-hybridized carbons (Fsp3) is 0.524. The molecular formula is C21H28N2O6S. The van der Waals surface area contributed by atoms with Gasteiger partial charge in [0.2, 0.25) is 5.91 Å². The Bertz CT molecular complexity index is 779. The lowest BCUT2D eigenvalue weighted by molar-refractivity contribution is -0.141. The van der Waals surface area contributed by atoms with E-state index in [4.69, 9.17) is 5.11 Å². The molecule has 1 aliphatic rings. The number of carbonyl (C=O) groups excluding carboxylic acids is 3. The second-order valence-electron chi connectivity index (χ2n) is 7.83. The molecule has 164 valence electrons. The summed E-state index contributed by atoms with van der Waals surface area (Å²) in [4.78, 5) is 48.6. The van der Waals surface area contributed by atoms with Gasteiger partial charge in [-0.1, -0.05) is 44.2 Å². The number of aliphatic carboxylic acids is 1. The molecule has 4 N–H and O–H groups in total. The van der Waals surface area contributed by atoms with E-state index in [0.29, 0.717) is 18.6 Å². The summed E-state index contributed by atoms with van der Waals surface area (Å²) in [5.74, 6) is -2.56. The predicted octanol–water partition coefficient (Wildman–Crippen LogP) is 1.11. The lowest BCUT2D eigenvalue weighted by atomic mass is 10.0. The average molecular weight is 437 g/mol. The molecule has 30 heavy (non-hydrogen) atoms. The number of hydrogen-bond acceptors (Lipinski definition) is 6. The van der Waals surface area contributed by atoms with Gasteiger partial charge in [0.15, 0.2) is 5.78 Å². The van der Waals surface area contributed by atoms with Crippen LogP contribution >= 0.6 is 11.8 Å². The smallest absolute Gasteiger partial charge is 0.305 e. The topological polar surface area (TPSA) is 133 Å². The number of amides is 2. The molecule has 1 aromatic carbocycles. The lowest BCUT2D eigenvalue weighted by Gasteiger charge is -2.25. The van der Waals surface area contributed by atoms with Crippen molar-refractivity contribution >= 4 is 35.3 Å². The Morgan fingerprint density at radius 2 is 1.73 bits per heavy atom. The predicted molar refractivity (Wildman–Crippen MR) is 113 cm³/mol. The van der Waals surface area contributed by atoms with E-state index in [2.05, 4.69) is 10.6 Å². The maximum Gasteiger partial charge on any atom is 0.305 e. The molecule has 0 heterocycles. The van der Waals surface area contributed by atoms with E-state index < -0.39 is 47.7 Å². The summed E-state index contributed by atoms with van der Waals surface area (Å²) in [6.45, 7) is 3.43. The molecule has 1 aliphatic carbocycles. The molecule has 0 unspecified atom stereocenters. The van der Waals surface area contributed by atoms with E-state index in [1.54, 1.807) is 13.8 Å². The van der Waals surface area contributed by atoms with Gasteiger partial charge in [-0.2, -0.15) is 0 Å². The molecule has 0 spiro atoms. The third-order valence-electron chi connectivity index (χ3n) is 4.82. The summed E-state index contributed by atoms with van der Waals surface area (Å²) < 4.78 is 0. The molecule has 2 rings (SSSR count). The van der Waals surface area contributed by atoms with Crippen molar-refractivity contribution in [2.75, 3.05) is 5.75 Å². The minimum atomic E-state index is -1.43. The summed E-state index contributed by atoms with van der Waals surface area (Å²) >= 11 is 1.34. The Kier molecular flexibility index (Phi) is 8.43. The van der Waals surface area contributed by atoms with E-state index in [1.807, 2.05) is 30.3 Å². The zero-order valence-electron chi connectivity index (χ0n) is 17.1. The first kappa shape index (κ1) is 23.9. The van der Waals surface area contributed by atoms with E-state index in [-0.39, 0.29) is 11.7 Å². The van der Waals surface area contributed by atoms with Gasteiger partial charge >= 0.3 is 5.97 Å². The highest BCUT2D eigenvalue weighted by molar-refractivity contribution is 7.99. The average Bonchev–Trinajstić information content (AvgIpc) is 3.44. The van der Waals surface area contributed by atoms with Crippen LogP contribution in [0.4, 0.5) is 0 Å². The van der Waals surface area contributed by atoms with Gasteiger partial charge in [0, 0.05) is 5.75 Å². The number of carboxylic acid groups (broad SMARTS) is 1. The van der Waals surface area contributed by atoms with Gasteiger partial charge in [-0.05, 0) is 24.3 Å². The van der Waals surface area contributed by atoms with Crippen LogP contribution in [0, 0.1) is 5.92 Å². The number of ketones is 1. The number of aliphatic hydroxyl groups is 1. The van der Waals surface area contributed by atoms with Crippen molar-refractivity contribution in [1.82, 2.24) is 10.6 Å². The summed E-state index contributed by atoms with van der Waals surface area (Å²) in [6.07, 6.45) is 0.132. The number of hydrogen-bond donors (Lipinski definition) is 4. The lowest BCUT2D eigenvalue weighted by Crippen LogP contribution is -2.56. The molecule has 8 nitrogen and oxygen atoms in total. The van der Waals surface area contributed by atoms with Crippen LogP contribution in [0.3, 0.4) is 0 Å². The van der Waals surface area contributed by atoms with E-state index >= 15 is 0 Å². The molecular weight excluding hydrogens is 408 g/mol. The van der Waals surface area contributed by atoms with Crippen molar-refractivity contribution in [3.8, 4) is 0 Å². The van der Waals surface area contributed by atoms with Crippen LogP contribution in [0.25, 0.3) is 0 Å². The van der Waals surface area contributed by atoms with Crippen molar-refractivity contribution in [1.29, 1.82) is 0 Å². The number of carboxylic acids is 1. The fourth-order valence-electron chi connectivity index (χ4n) is 2.78. The molecule has 1 saturated carbocycles. The van der Waals surface area contributed by atoms with Crippen LogP contribution in [0.5, 0.6) is 0 Å². The Balaban J connectivity index is 1.96. The van der Waals surface area contributed by atoms with E-state index in [9.17, 15) is 24.3 Å². The van der Waals surface area contributed by atoms with Crippen molar-refractivity contribution in [3.05, 3.63) is 35.9 Å². The van der Waals surface area contributed by atoms with Gasteiger partial charge in [0.1, 0.15) is 11.6 Å². The van der Waals surface area contributed by atoms with Crippen molar-refractivity contribution in [3.63, 3.8) is 0 Å². The zero-order valence-corrected chi connectivity index (χ0v) is 17.9. The Labute approximate surface area is 179 Å². The number of Topliss-reactive ketones (excluding diaryl/α,β-unsaturated/α-hetero) is 1. The van der Waals surface area contributed by atoms with Gasteiger partial charge in [0.25, 0.3) is 5.91 Å². The first-order chi connectivity index (χ1) is 14.1. The van der Waals surface area contributed by atoms with Gasteiger partial charge in [-0.25, -0.2) is 0 Å². The molecule has 2 amide bonds. The molecule has 1 fully saturated rings. The van der Waals surface area contributed by atoms with Gasteiger partial charge in [-0.15, -0.1) is 11.8 Å². The number of rotatable bonds is 12. The number of nitrogens with one attached hydrogen (secondary N) is 2. The van der Waals surface area contributed by atoms with E-state index in [1.165, 1.54) is 11.8 Å². The highest BCUT2D eigenvalue weighted by Gasteiger charge is 2.49. The van der Waals surface area contributed by atoms with Crippen molar-refractivity contribution in [2.45, 2.75) is 56.5 Å². The quantitative estimate of drug-likeness (QED) is 0.386. The minimum absolute atomic E-state index is 0.0472. The summed E-state index contributed by atoms with van der Waals surface area (Å²) in [5, 5.41) is 24.0. The minimum Gasteiger partial charge on any atom is -0.481 e. The molecule has 2 atom stereocenters. The van der Waals surface area contributed by atoms with Crippen molar-refractivity contribution in [2.24, 2.45) is 5.92 Å². The summed E-state index contributed by atoms with van der Waals surface area (Å²) in [6, 6.07) is 7.36. The standard InChI is InChI=1S/C21H28N2O6S/c1-13(2)18(23-20(28)21(29)8-9-21)19(27)22-15(10-17(25)26)16(24)12-30-11-14-6-4-3-5-7-14/h3-7,13,15,18,29H,8-12H2,1-2H3,(H,22,27)(H,23,28)(H,25,26)/t15-,18-/m0/s1. The van der Waals surface area contributed by atoms with E-state index in [0.717, 1.165) is 5.56 Å². The van der Waals surface area contributed by atoms with Crippen LogP contribution in [0.2, 0.25) is 0 Å². The van der Waals surface area contributed by atoms with Gasteiger partial charge in [0.05, 0.1) is 18.2 Å². The van der Waals surface area contributed by atoms with Gasteiger partial charge in [-0.3, -0.25) is 19.2 Å². The molecule has 0 aliphatic heterocycles. The molecule has 0 bridgehead atoms. The Hall–Kier alpha value is -2.39. The highest BCUT2D eigenvalue weighted by Crippen LogP contribution is 2.35. The highest BCUT2D eigenvalue weighted by atomic mass is 32.2. The molecule has 1 aromatic rings. The molecule has 9 heteroatoms. The van der Waals surface area contributed by atoms with Crippen LogP contribution in [-0.4, -0.2) is 57.2 Å². The molecule has 0 saturated heterocycles. The van der Waals surface area contributed by atoms with Crippen molar-refractivity contribution < 1.29 is 29.4 Å². The Morgan fingerprint density at radius 1 is 1.10 bits per heavy atom. The third-order valence-corrected chi connectivity index (χ3v) is 5.85. The van der Waals surface area contributed by atoms with Crippen LogP contribution in [-0.2, 0) is 24.9 Å². The first-order valence-corrected chi connectivity index (χ1v) is 11.0. The largest absolute Gasteiger partial charge is 0.481 e. The number of benzene rings is 1. The maximum absolute atomic E-state index is 12.7. The Morgan fingerprint density at radius 3 is 2.27 bits per heavy atom. The monoisotopic (exact) mass is 436 g/mol. The second kappa shape index (κ2) is 10.6. The zero-order chi connectivity index (χ0) is 22.3.